The molecule has 0 radical (unpaired) electrons. The van der Waals surface area contributed by atoms with Gasteiger partial charge in [-0.1, -0.05) is 23.7 Å². The minimum absolute atomic E-state index is 0.167. The second kappa shape index (κ2) is 7.93. The quantitative estimate of drug-likeness (QED) is 0.674. The molecular weight excluding hydrogens is 399 g/mol. The number of hydrogen-bond acceptors (Lipinski definition) is 4. The first kappa shape index (κ1) is 19.7. The molecule has 0 aliphatic rings. The first-order valence-corrected chi connectivity index (χ1v) is 8.42. The summed E-state index contributed by atoms with van der Waals surface area (Å²) in [5, 5.41) is 10.4. The fourth-order valence-corrected chi connectivity index (χ4v) is 2.55. The molecule has 0 aliphatic heterocycles. The third-order valence-electron chi connectivity index (χ3n) is 3.63. The average Bonchev–Trinajstić information content (AvgIpc) is 3.24. The molecule has 0 atom stereocenters. The Balaban J connectivity index is 1.74. The van der Waals surface area contributed by atoms with E-state index in [-0.39, 0.29) is 23.1 Å². The van der Waals surface area contributed by atoms with Crippen molar-refractivity contribution in [1.29, 1.82) is 0 Å². The van der Waals surface area contributed by atoms with Crippen LogP contribution in [0.25, 0.3) is 5.69 Å². The predicted octanol–water partition coefficient (Wildman–Crippen LogP) is 2.97. The van der Waals surface area contributed by atoms with E-state index in [1.54, 1.807) is 36.1 Å². The fraction of sp³-hybridized carbons (Fsp3) is 0.235. The number of aromatic nitrogens is 4. The molecule has 1 N–H and O–H groups in total. The fourth-order valence-electron chi connectivity index (χ4n) is 2.34. The monoisotopic (exact) mass is 413 g/mol. The molecule has 28 heavy (non-hydrogen) atoms. The smallest absolute Gasteiger partial charge is 0.435 e. The number of halogens is 4. The summed E-state index contributed by atoms with van der Waals surface area (Å²) >= 11 is 6.05. The highest BCUT2D eigenvalue weighted by atomic mass is 35.5. The van der Waals surface area contributed by atoms with Gasteiger partial charge in [-0.25, -0.2) is 0 Å². The maximum absolute atomic E-state index is 13.1. The third-order valence-corrected chi connectivity index (χ3v) is 3.95. The molecule has 0 saturated carbocycles. The van der Waals surface area contributed by atoms with Crippen LogP contribution in [0.5, 0.6) is 5.88 Å². The summed E-state index contributed by atoms with van der Waals surface area (Å²) in [6.07, 6.45) is -2.95. The SMILES string of the molecule is Cn1ccc(CNC(=O)COc2cc(C(F)(F)F)nn2-c2ccccc2Cl)n1. The molecular formula is C17H15ClF3N5O2. The Morgan fingerprint density at radius 2 is 2.00 bits per heavy atom. The Morgan fingerprint density at radius 3 is 2.64 bits per heavy atom. The van der Waals surface area contributed by atoms with Crippen molar-refractivity contribution in [2.45, 2.75) is 12.7 Å². The first-order chi connectivity index (χ1) is 13.2. The second-order valence-electron chi connectivity index (χ2n) is 5.77. The lowest BCUT2D eigenvalue weighted by molar-refractivity contribution is -0.141. The number of amides is 1. The van der Waals surface area contributed by atoms with Crippen LogP contribution in [0.15, 0.2) is 42.6 Å². The largest absolute Gasteiger partial charge is 0.467 e. The Hall–Kier alpha value is -3.01. The van der Waals surface area contributed by atoms with Gasteiger partial charge in [0.05, 0.1) is 22.9 Å². The highest BCUT2D eigenvalue weighted by molar-refractivity contribution is 6.32. The van der Waals surface area contributed by atoms with Crippen LogP contribution in [0, 0.1) is 0 Å². The van der Waals surface area contributed by atoms with Crippen molar-refractivity contribution >= 4 is 17.5 Å². The van der Waals surface area contributed by atoms with Gasteiger partial charge in [-0.3, -0.25) is 9.48 Å². The Morgan fingerprint density at radius 1 is 1.25 bits per heavy atom. The number of ether oxygens (including phenoxy) is 1. The molecule has 0 bridgehead atoms. The van der Waals surface area contributed by atoms with E-state index in [0.29, 0.717) is 5.69 Å². The zero-order chi connectivity index (χ0) is 20.3. The molecule has 2 heterocycles. The maximum Gasteiger partial charge on any atom is 0.435 e. The molecule has 0 unspecified atom stereocenters. The second-order valence-corrected chi connectivity index (χ2v) is 6.18. The van der Waals surface area contributed by atoms with E-state index in [1.165, 1.54) is 12.1 Å². The number of alkyl halides is 3. The van der Waals surface area contributed by atoms with Gasteiger partial charge in [0.15, 0.2) is 12.3 Å². The van der Waals surface area contributed by atoms with Crippen molar-refractivity contribution in [1.82, 2.24) is 24.9 Å². The van der Waals surface area contributed by atoms with Crippen LogP contribution in [-0.4, -0.2) is 32.1 Å². The lowest BCUT2D eigenvalue weighted by atomic mass is 10.3. The number of nitrogens with one attached hydrogen (secondary N) is 1. The van der Waals surface area contributed by atoms with Gasteiger partial charge in [0.25, 0.3) is 5.91 Å². The number of carbonyl (C=O) groups excluding carboxylic acids is 1. The van der Waals surface area contributed by atoms with Gasteiger partial charge in [0.2, 0.25) is 5.88 Å². The summed E-state index contributed by atoms with van der Waals surface area (Å²) in [7, 11) is 1.74. The van der Waals surface area contributed by atoms with Crippen LogP contribution in [0.3, 0.4) is 0 Å². The van der Waals surface area contributed by atoms with Crippen LogP contribution >= 0.6 is 11.6 Å². The van der Waals surface area contributed by atoms with Crippen LogP contribution in [0.1, 0.15) is 11.4 Å². The number of nitrogens with zero attached hydrogens (tertiary/aromatic N) is 4. The van der Waals surface area contributed by atoms with Crippen LogP contribution < -0.4 is 10.1 Å². The number of aryl methyl sites for hydroxylation is 1. The van der Waals surface area contributed by atoms with E-state index >= 15 is 0 Å². The highest BCUT2D eigenvalue weighted by Gasteiger charge is 2.35. The average molecular weight is 414 g/mol. The summed E-state index contributed by atoms with van der Waals surface area (Å²) in [6.45, 7) is -0.332. The van der Waals surface area contributed by atoms with Crippen molar-refractivity contribution in [2.24, 2.45) is 7.05 Å². The molecule has 148 valence electrons. The standard InChI is InChI=1S/C17H15ClF3N5O2/c1-25-7-6-11(23-25)9-22-15(27)10-28-16-8-14(17(19,20)21)24-26(16)13-5-3-2-4-12(13)18/h2-8H,9-10H2,1H3,(H,22,27). The van der Waals surface area contributed by atoms with Crippen molar-refractivity contribution in [2.75, 3.05) is 6.61 Å². The number of para-hydroxylation sites is 1. The predicted molar refractivity (Wildman–Crippen MR) is 94.1 cm³/mol. The van der Waals surface area contributed by atoms with Gasteiger partial charge in [0, 0.05) is 19.3 Å². The Bertz CT molecular complexity index is 983. The normalized spacial score (nSPS) is 11.5. The van der Waals surface area contributed by atoms with Crippen molar-refractivity contribution < 1.29 is 22.7 Å². The Kier molecular flexibility index (Phi) is 5.59. The van der Waals surface area contributed by atoms with E-state index in [2.05, 4.69) is 15.5 Å². The van der Waals surface area contributed by atoms with E-state index in [1.807, 2.05) is 0 Å². The van der Waals surface area contributed by atoms with Gasteiger partial charge in [-0.05, 0) is 18.2 Å². The van der Waals surface area contributed by atoms with Gasteiger partial charge >= 0.3 is 6.18 Å². The molecule has 0 spiro atoms. The van der Waals surface area contributed by atoms with Gasteiger partial charge in [-0.2, -0.15) is 28.1 Å². The summed E-state index contributed by atoms with van der Waals surface area (Å²) < 4.78 is 46.9. The molecule has 7 nitrogen and oxygen atoms in total. The molecule has 2 aromatic heterocycles. The van der Waals surface area contributed by atoms with Crippen molar-refractivity contribution in [3.63, 3.8) is 0 Å². The minimum Gasteiger partial charge on any atom is -0.467 e. The van der Waals surface area contributed by atoms with Crippen LogP contribution in [0.4, 0.5) is 13.2 Å². The van der Waals surface area contributed by atoms with E-state index in [0.717, 1.165) is 10.7 Å². The number of rotatable bonds is 6. The summed E-state index contributed by atoms with van der Waals surface area (Å²) in [4.78, 5) is 12.0. The van der Waals surface area contributed by atoms with E-state index in [9.17, 15) is 18.0 Å². The van der Waals surface area contributed by atoms with Gasteiger partial charge < -0.3 is 10.1 Å². The van der Waals surface area contributed by atoms with E-state index < -0.39 is 24.4 Å². The van der Waals surface area contributed by atoms with Crippen molar-refractivity contribution in [3.05, 3.63) is 59.0 Å². The lowest BCUT2D eigenvalue weighted by Crippen LogP contribution is -2.29. The molecule has 0 aliphatic carbocycles. The van der Waals surface area contributed by atoms with Crippen LogP contribution in [0.2, 0.25) is 5.02 Å². The molecule has 3 rings (SSSR count). The molecule has 11 heteroatoms. The molecule has 1 amide bonds. The summed E-state index contributed by atoms with van der Waals surface area (Å²) in [6, 6.07) is 8.67. The first-order valence-electron chi connectivity index (χ1n) is 8.04. The minimum atomic E-state index is -4.67. The van der Waals surface area contributed by atoms with E-state index in [4.69, 9.17) is 16.3 Å². The molecule has 1 aromatic carbocycles. The zero-order valence-corrected chi connectivity index (χ0v) is 15.3. The highest BCUT2D eigenvalue weighted by Crippen LogP contribution is 2.33. The maximum atomic E-state index is 13.1. The lowest BCUT2D eigenvalue weighted by Gasteiger charge is -2.10. The van der Waals surface area contributed by atoms with Crippen LogP contribution in [-0.2, 0) is 24.6 Å². The zero-order valence-electron chi connectivity index (χ0n) is 14.6. The van der Waals surface area contributed by atoms with Crippen molar-refractivity contribution in [3.8, 4) is 11.6 Å². The van der Waals surface area contributed by atoms with Gasteiger partial charge in [0.1, 0.15) is 0 Å². The molecule has 3 aromatic rings. The number of hydrogen-bond donors (Lipinski definition) is 1. The summed E-state index contributed by atoms with van der Waals surface area (Å²) in [5.41, 5.74) is -0.323. The topological polar surface area (TPSA) is 74.0 Å². The molecule has 0 saturated heterocycles. The third kappa shape index (κ3) is 4.63. The number of carbonyl (C=O) groups is 1. The summed E-state index contributed by atoms with van der Waals surface area (Å²) in [5.74, 6) is -0.778. The van der Waals surface area contributed by atoms with Gasteiger partial charge in [-0.15, -0.1) is 0 Å². The molecule has 0 fully saturated rings. The Labute approximate surface area is 162 Å². The number of benzene rings is 1.